The average Bonchev–Trinajstić information content (AvgIpc) is 2.69. The molecule has 0 spiro atoms. The van der Waals surface area contributed by atoms with E-state index in [1.165, 1.54) is 24.3 Å². The molecule has 0 saturated carbocycles. The van der Waals surface area contributed by atoms with Crippen molar-refractivity contribution in [2.24, 2.45) is 0 Å². The van der Waals surface area contributed by atoms with E-state index < -0.39 is 23.8 Å². The number of aromatic hydroxyl groups is 2. The van der Waals surface area contributed by atoms with E-state index in [0.29, 0.717) is 12.2 Å². The molecule has 4 N–H and O–H groups in total. The van der Waals surface area contributed by atoms with Crippen molar-refractivity contribution in [2.75, 3.05) is 10.6 Å². The molecule has 2 aromatic rings. The van der Waals surface area contributed by atoms with Crippen LogP contribution in [0.3, 0.4) is 0 Å². The molecule has 2 rings (SSSR count). The molecule has 2 aromatic carbocycles. The zero-order valence-corrected chi connectivity index (χ0v) is 16.6. The van der Waals surface area contributed by atoms with Crippen molar-refractivity contribution in [3.63, 3.8) is 0 Å². The number of carbonyl (C=O) groups excluding carboxylic acids is 4. The van der Waals surface area contributed by atoms with Crippen LogP contribution >= 0.6 is 0 Å². The molecule has 1 radical (unpaired) electrons. The number of amides is 2. The molecular weight excluding hydrogens is 455 g/mol. The number of hydrogen-bond donors (Lipinski definition) is 4. The fraction of sp³-hybridized carbons (Fsp3) is 0. The summed E-state index contributed by atoms with van der Waals surface area (Å²) in [4.78, 5) is 42.1. The molecule has 0 atom stereocenters. The van der Waals surface area contributed by atoms with E-state index in [0.717, 1.165) is 12.2 Å². The third kappa shape index (κ3) is 11.5. The monoisotopic (exact) mass is 471 g/mol. The summed E-state index contributed by atoms with van der Waals surface area (Å²) < 4.78 is 0. The van der Waals surface area contributed by atoms with E-state index in [1.807, 2.05) is 0 Å². The van der Waals surface area contributed by atoms with E-state index in [2.05, 4.69) is 10.6 Å². The molecule has 10 nitrogen and oxygen atoms in total. The largest absolute Gasteiger partial charge is 2.00 e. The summed E-state index contributed by atoms with van der Waals surface area (Å²) in [6, 6.07) is 12.2. The Labute approximate surface area is 186 Å². The van der Waals surface area contributed by atoms with Crippen molar-refractivity contribution < 1.29 is 56.4 Å². The molecule has 31 heavy (non-hydrogen) atoms. The van der Waals surface area contributed by atoms with Crippen LogP contribution < -0.4 is 20.8 Å². The third-order valence-electron chi connectivity index (χ3n) is 3.07. The maximum absolute atomic E-state index is 11.1. The van der Waals surface area contributed by atoms with E-state index in [-0.39, 0.29) is 39.7 Å². The maximum atomic E-state index is 11.1. The average molecular weight is 471 g/mol. The molecule has 163 valence electrons. The Morgan fingerprint density at radius 2 is 0.968 bits per heavy atom. The van der Waals surface area contributed by atoms with Crippen molar-refractivity contribution >= 4 is 35.1 Å². The number of anilines is 2. The Hall–Kier alpha value is -4.09. The van der Waals surface area contributed by atoms with Gasteiger partial charge in [-0.3, -0.25) is 9.59 Å². The summed E-state index contributed by atoms with van der Waals surface area (Å²) in [7, 11) is 0. The molecule has 0 aliphatic carbocycles. The summed E-state index contributed by atoms with van der Waals surface area (Å²) in [5.41, 5.74) is 0.427. The van der Waals surface area contributed by atoms with Crippen molar-refractivity contribution in [1.29, 1.82) is 0 Å². The van der Waals surface area contributed by atoms with Gasteiger partial charge in [0.1, 0.15) is 11.5 Å². The number of rotatable bonds is 6. The number of carbonyl (C=O) groups is 4. The second-order valence-electron chi connectivity index (χ2n) is 5.32. The number of aliphatic carboxylic acids is 2. The number of para-hydroxylation sites is 4. The predicted molar refractivity (Wildman–Crippen MR) is 102 cm³/mol. The van der Waals surface area contributed by atoms with Crippen LogP contribution in [-0.2, 0) is 36.0 Å². The number of nitrogens with one attached hydrogen (secondary N) is 2. The van der Waals surface area contributed by atoms with Gasteiger partial charge in [0.15, 0.2) is 0 Å². The van der Waals surface area contributed by atoms with Crippen molar-refractivity contribution in [2.45, 2.75) is 0 Å². The normalized spacial score (nSPS) is 9.81. The number of carboxylic acids is 2. The fourth-order valence-electron chi connectivity index (χ4n) is 1.79. The number of hydrogen-bond acceptors (Lipinski definition) is 8. The Bertz CT molecular complexity index is 909. The second-order valence-corrected chi connectivity index (χ2v) is 5.32. The molecule has 11 heteroatoms. The topological polar surface area (TPSA) is 179 Å². The van der Waals surface area contributed by atoms with Crippen LogP contribution in [0.5, 0.6) is 11.5 Å². The van der Waals surface area contributed by atoms with Gasteiger partial charge in [-0.05, 0) is 36.4 Å². The first-order valence-electron chi connectivity index (χ1n) is 8.15. The number of phenols is 2. The van der Waals surface area contributed by atoms with Gasteiger partial charge in [-0.15, -0.1) is 0 Å². The minimum atomic E-state index is -1.46. The fourth-order valence-corrected chi connectivity index (χ4v) is 1.79. The van der Waals surface area contributed by atoms with E-state index in [1.54, 1.807) is 24.3 Å². The summed E-state index contributed by atoms with van der Waals surface area (Å²) >= 11 is 0. The molecule has 0 unspecified atom stereocenters. The van der Waals surface area contributed by atoms with Crippen molar-refractivity contribution in [3.05, 3.63) is 72.8 Å². The molecule has 0 saturated heterocycles. The van der Waals surface area contributed by atoms with Gasteiger partial charge in [-0.25, -0.2) is 0 Å². The Kier molecular flexibility index (Phi) is 12.1. The van der Waals surface area contributed by atoms with Crippen molar-refractivity contribution in [3.8, 4) is 11.5 Å². The minimum absolute atomic E-state index is 0. The number of carboxylic acid groups (broad SMARTS) is 2. The molecule has 2 amide bonds. The van der Waals surface area contributed by atoms with Crippen LogP contribution in [0.25, 0.3) is 0 Å². The Morgan fingerprint density at radius 1 is 0.645 bits per heavy atom. The molecule has 0 aliphatic heterocycles. The van der Waals surface area contributed by atoms with Gasteiger partial charge in [0.2, 0.25) is 11.8 Å². The third-order valence-corrected chi connectivity index (χ3v) is 3.07. The first kappa shape index (κ1) is 26.9. The summed E-state index contributed by atoms with van der Waals surface area (Å²) in [5.74, 6) is -4.40. The maximum Gasteiger partial charge on any atom is 2.00 e. The summed E-state index contributed by atoms with van der Waals surface area (Å²) in [5, 5.41) is 43.1. The summed E-state index contributed by atoms with van der Waals surface area (Å²) in [6.45, 7) is 0. The Balaban J connectivity index is 0.000000562. The van der Waals surface area contributed by atoms with Crippen LogP contribution in [0.2, 0.25) is 0 Å². The second kappa shape index (κ2) is 14.0. The van der Waals surface area contributed by atoms with Gasteiger partial charge in [0, 0.05) is 12.2 Å². The molecule has 0 heterocycles. The van der Waals surface area contributed by atoms with Gasteiger partial charge >= 0.3 is 16.8 Å². The zero-order chi connectivity index (χ0) is 22.5. The molecule has 0 bridgehead atoms. The van der Waals surface area contributed by atoms with Crippen LogP contribution in [0, 0.1) is 0 Å². The SMILES string of the molecule is O=C([O-])C=CC(=O)Nc1ccccc1O.O=C([O-])C=CC(=O)Nc1ccccc1O.[Co+2]. The van der Waals surface area contributed by atoms with E-state index in [9.17, 15) is 39.6 Å². The molecule has 0 aliphatic rings. The van der Waals surface area contributed by atoms with Gasteiger partial charge in [0.25, 0.3) is 0 Å². The summed E-state index contributed by atoms with van der Waals surface area (Å²) in [6.07, 6.45) is 2.83. The molecule has 0 fully saturated rings. The number of phenolic OH excluding ortho intramolecular Hbond substituents is 2. The first-order valence-corrected chi connectivity index (χ1v) is 8.15. The van der Waals surface area contributed by atoms with Crippen LogP contribution in [-0.4, -0.2) is 34.0 Å². The van der Waals surface area contributed by atoms with Crippen LogP contribution in [0.4, 0.5) is 11.4 Å². The quantitative estimate of drug-likeness (QED) is 0.315. The molecular formula is C20H16CoN2O8. The standard InChI is InChI=1S/2C10H9NO4.Co/c2*12-8-4-2-1-3-7(8)11-9(13)5-6-10(14)15;/h2*1-6,12H,(H,11,13)(H,14,15);/q;;+2/p-2. The van der Waals surface area contributed by atoms with E-state index >= 15 is 0 Å². The number of benzene rings is 2. The Morgan fingerprint density at radius 3 is 1.26 bits per heavy atom. The van der Waals surface area contributed by atoms with Gasteiger partial charge in [-0.2, -0.15) is 0 Å². The smallest absolute Gasteiger partial charge is 0.545 e. The zero-order valence-electron chi connectivity index (χ0n) is 15.6. The van der Waals surface area contributed by atoms with Gasteiger partial charge in [0.05, 0.1) is 23.3 Å². The minimum Gasteiger partial charge on any atom is -0.545 e. The predicted octanol–water partition coefficient (Wildman–Crippen LogP) is -0.729. The van der Waals surface area contributed by atoms with Gasteiger partial charge in [-0.1, -0.05) is 24.3 Å². The van der Waals surface area contributed by atoms with Crippen LogP contribution in [0.15, 0.2) is 72.8 Å². The molecule has 0 aromatic heterocycles. The van der Waals surface area contributed by atoms with Crippen molar-refractivity contribution in [1.82, 2.24) is 0 Å². The van der Waals surface area contributed by atoms with Gasteiger partial charge < -0.3 is 40.6 Å². The first-order chi connectivity index (χ1) is 14.2. The van der Waals surface area contributed by atoms with E-state index in [4.69, 9.17) is 0 Å². The van der Waals surface area contributed by atoms with Crippen LogP contribution in [0.1, 0.15) is 0 Å².